The molecule has 3 aromatic heterocycles. The second-order valence-electron chi connectivity index (χ2n) is 5.76. The predicted octanol–water partition coefficient (Wildman–Crippen LogP) is 3.68. The van der Waals surface area contributed by atoms with Crippen molar-refractivity contribution in [1.29, 1.82) is 0 Å². The van der Waals surface area contributed by atoms with E-state index in [0.717, 1.165) is 11.3 Å². The summed E-state index contributed by atoms with van der Waals surface area (Å²) < 4.78 is 5.26. The monoisotopic (exact) mass is 393 g/mol. The summed E-state index contributed by atoms with van der Waals surface area (Å²) in [5.41, 5.74) is 2.40. The summed E-state index contributed by atoms with van der Waals surface area (Å²) in [6.45, 7) is 0.00339. The summed E-state index contributed by atoms with van der Waals surface area (Å²) >= 11 is 1.40. The zero-order valence-electron chi connectivity index (χ0n) is 14.5. The van der Waals surface area contributed by atoms with Crippen LogP contribution in [0.5, 0.6) is 0 Å². The molecule has 3 heterocycles. The van der Waals surface area contributed by atoms with Gasteiger partial charge in [-0.2, -0.15) is 0 Å². The van der Waals surface area contributed by atoms with E-state index in [9.17, 15) is 4.79 Å². The molecule has 0 fully saturated rings. The van der Waals surface area contributed by atoms with E-state index in [2.05, 4.69) is 25.8 Å². The second kappa shape index (κ2) is 7.99. The lowest BCUT2D eigenvalue weighted by molar-refractivity contribution is 0.101. The highest BCUT2D eigenvalue weighted by Crippen LogP contribution is 2.28. The molecule has 0 saturated heterocycles. The van der Waals surface area contributed by atoms with Crippen molar-refractivity contribution < 1.29 is 14.4 Å². The Bertz CT molecular complexity index is 1080. The van der Waals surface area contributed by atoms with E-state index in [4.69, 9.17) is 9.63 Å². The van der Waals surface area contributed by atoms with Crippen molar-refractivity contribution in [1.82, 2.24) is 15.1 Å². The minimum Gasteiger partial charge on any atom is -0.392 e. The van der Waals surface area contributed by atoms with Crippen LogP contribution >= 0.6 is 11.3 Å². The van der Waals surface area contributed by atoms with Crippen molar-refractivity contribution in [2.75, 3.05) is 10.6 Å². The molecule has 0 aliphatic carbocycles. The molecule has 0 atom stereocenters. The van der Waals surface area contributed by atoms with Crippen LogP contribution in [0.2, 0.25) is 0 Å². The number of anilines is 3. The second-order valence-corrected chi connectivity index (χ2v) is 6.62. The number of carbonyl (C=O) groups excluding carboxylic acids is 1. The summed E-state index contributed by atoms with van der Waals surface area (Å²) in [4.78, 5) is 20.7. The van der Waals surface area contributed by atoms with Crippen LogP contribution in [-0.4, -0.2) is 26.1 Å². The van der Waals surface area contributed by atoms with E-state index < -0.39 is 5.91 Å². The zero-order valence-corrected chi connectivity index (χ0v) is 15.3. The first-order chi connectivity index (χ1) is 13.7. The number of carbonyl (C=O) groups is 1. The number of nitrogens with zero attached hydrogens (tertiary/aromatic N) is 3. The number of aliphatic hydroxyl groups is 1. The first-order valence-electron chi connectivity index (χ1n) is 8.33. The van der Waals surface area contributed by atoms with Crippen LogP contribution in [0.15, 0.2) is 64.6 Å². The van der Waals surface area contributed by atoms with E-state index in [1.165, 1.54) is 17.4 Å². The first kappa shape index (κ1) is 17.8. The van der Waals surface area contributed by atoms with E-state index in [-0.39, 0.29) is 12.3 Å². The highest BCUT2D eigenvalue weighted by molar-refractivity contribution is 7.14. The molecule has 28 heavy (non-hydrogen) atoms. The highest BCUT2D eigenvalue weighted by Gasteiger charge is 2.16. The maximum atomic E-state index is 12.2. The van der Waals surface area contributed by atoms with Crippen LogP contribution in [0.1, 0.15) is 16.1 Å². The van der Waals surface area contributed by atoms with Gasteiger partial charge in [-0.1, -0.05) is 23.4 Å². The number of thiazole rings is 1. The van der Waals surface area contributed by atoms with Crippen LogP contribution in [-0.2, 0) is 6.61 Å². The number of hydrogen-bond acceptors (Lipinski definition) is 8. The molecule has 4 rings (SSSR count). The Morgan fingerprint density at radius 3 is 2.79 bits per heavy atom. The normalized spacial score (nSPS) is 10.6. The molecule has 0 bridgehead atoms. The van der Waals surface area contributed by atoms with E-state index >= 15 is 0 Å². The SMILES string of the molecule is O=C(Nc1ccccn1)c1cc(-c2csc(Nc3ccc(CO)cc3)n2)on1. The molecular weight excluding hydrogens is 378 g/mol. The van der Waals surface area contributed by atoms with Crippen molar-refractivity contribution in [2.24, 2.45) is 0 Å². The molecule has 0 aliphatic heterocycles. The van der Waals surface area contributed by atoms with Gasteiger partial charge in [0, 0.05) is 23.3 Å². The molecule has 9 heteroatoms. The Hall–Kier alpha value is -3.56. The Morgan fingerprint density at radius 1 is 1.18 bits per heavy atom. The molecule has 0 aliphatic rings. The van der Waals surface area contributed by atoms with Gasteiger partial charge in [-0.05, 0) is 29.8 Å². The maximum Gasteiger partial charge on any atom is 0.279 e. The zero-order chi connectivity index (χ0) is 19.3. The summed E-state index contributed by atoms with van der Waals surface area (Å²) in [5, 5.41) is 21.2. The molecule has 1 aromatic carbocycles. The fourth-order valence-corrected chi connectivity index (χ4v) is 3.10. The third-order valence-corrected chi connectivity index (χ3v) is 4.55. The van der Waals surface area contributed by atoms with E-state index in [1.807, 2.05) is 29.6 Å². The van der Waals surface area contributed by atoms with Gasteiger partial charge in [-0.25, -0.2) is 9.97 Å². The van der Waals surface area contributed by atoms with Gasteiger partial charge in [0.2, 0.25) is 0 Å². The van der Waals surface area contributed by atoms with Gasteiger partial charge in [0.15, 0.2) is 16.6 Å². The molecule has 0 radical (unpaired) electrons. The molecule has 1 amide bonds. The number of hydrogen-bond donors (Lipinski definition) is 3. The highest BCUT2D eigenvalue weighted by atomic mass is 32.1. The number of amides is 1. The number of benzene rings is 1. The molecule has 0 spiro atoms. The van der Waals surface area contributed by atoms with Crippen molar-refractivity contribution >= 4 is 33.9 Å². The van der Waals surface area contributed by atoms with Crippen LogP contribution < -0.4 is 10.6 Å². The number of nitrogens with one attached hydrogen (secondary N) is 2. The Kier molecular flexibility index (Phi) is 5.09. The molecule has 8 nitrogen and oxygen atoms in total. The van der Waals surface area contributed by atoms with E-state index in [1.54, 1.807) is 24.4 Å². The quantitative estimate of drug-likeness (QED) is 0.458. The van der Waals surface area contributed by atoms with Gasteiger partial charge in [0.05, 0.1) is 6.61 Å². The molecule has 0 unspecified atom stereocenters. The minimum absolute atomic E-state index is 0.00339. The van der Waals surface area contributed by atoms with Crippen molar-refractivity contribution in [3.05, 3.63) is 71.4 Å². The average Bonchev–Trinajstić information content (AvgIpc) is 3.39. The van der Waals surface area contributed by atoms with Gasteiger partial charge in [-0.3, -0.25) is 4.79 Å². The summed E-state index contributed by atoms with van der Waals surface area (Å²) in [6.07, 6.45) is 1.59. The Balaban J connectivity index is 1.44. The standard InChI is InChI=1S/C19H15N5O3S/c25-10-12-4-6-13(7-5-12)21-19-22-15(11-28-19)16-9-14(24-27-16)18(26)23-17-3-1-2-8-20-17/h1-9,11,25H,10H2,(H,21,22)(H,20,23,26). The average molecular weight is 393 g/mol. The molecule has 4 aromatic rings. The van der Waals surface area contributed by atoms with Crippen LogP contribution in [0.25, 0.3) is 11.5 Å². The van der Waals surface area contributed by atoms with Crippen LogP contribution in [0.3, 0.4) is 0 Å². The Labute approximate surface area is 163 Å². The number of aromatic nitrogens is 3. The molecule has 0 saturated carbocycles. The predicted molar refractivity (Wildman–Crippen MR) is 105 cm³/mol. The van der Waals surface area contributed by atoms with Gasteiger partial charge in [0.1, 0.15) is 11.5 Å². The number of rotatable bonds is 6. The minimum atomic E-state index is -0.411. The maximum absolute atomic E-state index is 12.2. The van der Waals surface area contributed by atoms with Crippen molar-refractivity contribution in [2.45, 2.75) is 6.61 Å². The third-order valence-electron chi connectivity index (χ3n) is 3.79. The number of aliphatic hydroxyl groups excluding tert-OH is 1. The topological polar surface area (TPSA) is 113 Å². The largest absolute Gasteiger partial charge is 0.392 e. The Morgan fingerprint density at radius 2 is 2.04 bits per heavy atom. The van der Waals surface area contributed by atoms with Crippen molar-refractivity contribution in [3.63, 3.8) is 0 Å². The smallest absolute Gasteiger partial charge is 0.279 e. The lowest BCUT2D eigenvalue weighted by Crippen LogP contribution is -2.12. The van der Waals surface area contributed by atoms with Crippen molar-refractivity contribution in [3.8, 4) is 11.5 Å². The molecule has 140 valence electrons. The summed E-state index contributed by atoms with van der Waals surface area (Å²) in [5.74, 6) is 0.418. The fraction of sp³-hybridized carbons (Fsp3) is 0.0526. The fourth-order valence-electron chi connectivity index (χ4n) is 2.38. The van der Waals surface area contributed by atoms with Gasteiger partial charge in [-0.15, -0.1) is 11.3 Å². The van der Waals surface area contributed by atoms with Gasteiger partial charge in [0.25, 0.3) is 5.91 Å². The third kappa shape index (κ3) is 4.05. The van der Waals surface area contributed by atoms with Gasteiger partial charge < -0.3 is 20.3 Å². The summed E-state index contributed by atoms with van der Waals surface area (Å²) in [6, 6.07) is 14.1. The lowest BCUT2D eigenvalue weighted by Gasteiger charge is -2.02. The molecule has 3 N–H and O–H groups in total. The lowest BCUT2D eigenvalue weighted by atomic mass is 10.2. The van der Waals surface area contributed by atoms with E-state index in [0.29, 0.717) is 22.4 Å². The first-order valence-corrected chi connectivity index (χ1v) is 9.21. The van der Waals surface area contributed by atoms with Crippen LogP contribution in [0.4, 0.5) is 16.6 Å². The van der Waals surface area contributed by atoms with Gasteiger partial charge >= 0.3 is 0 Å². The molecular formula is C19H15N5O3S. The summed E-state index contributed by atoms with van der Waals surface area (Å²) in [7, 11) is 0. The van der Waals surface area contributed by atoms with Crippen LogP contribution in [0, 0.1) is 0 Å². The number of pyridine rings is 1.